The van der Waals surface area contributed by atoms with Gasteiger partial charge in [0.2, 0.25) is 0 Å². The summed E-state index contributed by atoms with van der Waals surface area (Å²) >= 11 is 2.94. The Morgan fingerprint density at radius 3 is 2.52 bits per heavy atom. The summed E-state index contributed by atoms with van der Waals surface area (Å²) in [7, 11) is 1.30. The molecule has 0 heterocycles. The van der Waals surface area contributed by atoms with Crippen LogP contribution in [0.1, 0.15) is 12.0 Å². The van der Waals surface area contributed by atoms with E-state index in [9.17, 15) is 22.8 Å². The van der Waals surface area contributed by atoms with E-state index in [1.807, 2.05) is 0 Å². The fourth-order valence-electron chi connectivity index (χ4n) is 1.44. The number of halogens is 4. The fourth-order valence-corrected chi connectivity index (χ4v) is 1.80. The van der Waals surface area contributed by atoms with Crippen molar-refractivity contribution in [3.63, 3.8) is 0 Å². The van der Waals surface area contributed by atoms with Crippen LogP contribution in [0, 0.1) is 0 Å². The number of nitrogens with one attached hydrogen (secondary N) is 1. The summed E-state index contributed by atoms with van der Waals surface area (Å²) in [6.45, 7) is -0.112. The van der Waals surface area contributed by atoms with Gasteiger partial charge >= 0.3 is 18.2 Å². The van der Waals surface area contributed by atoms with Gasteiger partial charge in [0.25, 0.3) is 0 Å². The standard InChI is InChI=1S/C12H12BrF3N2O3/c1-18(5-4-10(19)20)11(21)17-9-3-2-7(13)6-8(9)12(14,15)16/h2-3,6H,4-5H2,1H3,(H,17,21)(H,19,20). The summed E-state index contributed by atoms with van der Waals surface area (Å²) in [5, 5.41) is 10.6. The maximum atomic E-state index is 12.9. The highest BCUT2D eigenvalue weighted by atomic mass is 79.9. The zero-order chi connectivity index (χ0) is 16.2. The van der Waals surface area contributed by atoms with Gasteiger partial charge < -0.3 is 15.3 Å². The number of carboxylic acid groups (broad SMARTS) is 1. The van der Waals surface area contributed by atoms with E-state index < -0.39 is 29.4 Å². The van der Waals surface area contributed by atoms with Crippen LogP contribution >= 0.6 is 15.9 Å². The topological polar surface area (TPSA) is 69.6 Å². The highest BCUT2D eigenvalue weighted by Gasteiger charge is 2.34. The second-order valence-corrected chi connectivity index (χ2v) is 5.10. The van der Waals surface area contributed by atoms with Crippen molar-refractivity contribution in [2.45, 2.75) is 12.6 Å². The van der Waals surface area contributed by atoms with Gasteiger partial charge in [-0.25, -0.2) is 4.79 Å². The summed E-state index contributed by atoms with van der Waals surface area (Å²) in [6, 6.07) is 2.52. The molecule has 2 amide bonds. The Bertz CT molecular complexity index is 549. The van der Waals surface area contributed by atoms with Gasteiger partial charge in [-0.15, -0.1) is 0 Å². The molecule has 5 nitrogen and oxygen atoms in total. The van der Waals surface area contributed by atoms with Crippen molar-refractivity contribution in [3.8, 4) is 0 Å². The molecule has 0 saturated heterocycles. The average Bonchev–Trinajstić information content (AvgIpc) is 2.36. The van der Waals surface area contributed by atoms with Crippen molar-refractivity contribution in [2.24, 2.45) is 0 Å². The maximum absolute atomic E-state index is 12.9. The molecule has 2 N–H and O–H groups in total. The molecule has 1 rings (SSSR count). The van der Waals surface area contributed by atoms with Crippen molar-refractivity contribution < 1.29 is 27.9 Å². The van der Waals surface area contributed by atoms with Gasteiger partial charge in [-0.3, -0.25) is 4.79 Å². The Kier molecular flexibility index (Phi) is 5.59. The predicted octanol–water partition coefficient (Wildman–Crippen LogP) is 3.41. The molecule has 116 valence electrons. The van der Waals surface area contributed by atoms with Gasteiger partial charge in [0.1, 0.15) is 0 Å². The molecule has 21 heavy (non-hydrogen) atoms. The first-order valence-electron chi connectivity index (χ1n) is 5.72. The minimum absolute atomic E-state index is 0.112. The number of hydrogen-bond donors (Lipinski definition) is 2. The van der Waals surface area contributed by atoms with E-state index in [0.29, 0.717) is 0 Å². The summed E-state index contributed by atoms with van der Waals surface area (Å²) in [6.07, 6.45) is -4.91. The Labute approximate surface area is 126 Å². The number of carboxylic acids is 1. The molecule has 0 saturated carbocycles. The first-order valence-corrected chi connectivity index (χ1v) is 6.51. The van der Waals surface area contributed by atoms with Gasteiger partial charge in [-0.05, 0) is 18.2 Å². The molecule has 0 aliphatic rings. The number of hydrogen-bond acceptors (Lipinski definition) is 2. The van der Waals surface area contributed by atoms with Crippen LogP contribution in [-0.2, 0) is 11.0 Å². The van der Waals surface area contributed by atoms with Crippen LogP contribution in [0.25, 0.3) is 0 Å². The summed E-state index contributed by atoms with van der Waals surface area (Å²) in [5.74, 6) is -1.10. The zero-order valence-electron chi connectivity index (χ0n) is 10.9. The van der Waals surface area contributed by atoms with Crippen LogP contribution in [-0.4, -0.2) is 35.6 Å². The number of nitrogens with zero attached hydrogens (tertiary/aromatic N) is 1. The van der Waals surface area contributed by atoms with Crippen molar-refractivity contribution in [1.82, 2.24) is 4.90 Å². The molecule has 0 fully saturated rings. The van der Waals surface area contributed by atoms with Crippen LogP contribution in [0.15, 0.2) is 22.7 Å². The Hall–Kier alpha value is -1.77. The van der Waals surface area contributed by atoms with E-state index in [-0.39, 0.29) is 17.4 Å². The molecule has 1 aromatic carbocycles. The van der Waals surface area contributed by atoms with Gasteiger partial charge in [-0.2, -0.15) is 13.2 Å². The molecule has 0 spiro atoms. The van der Waals surface area contributed by atoms with Gasteiger partial charge in [0.15, 0.2) is 0 Å². The summed E-state index contributed by atoms with van der Waals surface area (Å²) < 4.78 is 38.8. The average molecular weight is 369 g/mol. The van der Waals surface area contributed by atoms with Gasteiger partial charge in [0, 0.05) is 18.1 Å². The van der Waals surface area contributed by atoms with Crippen molar-refractivity contribution in [3.05, 3.63) is 28.2 Å². The molecule has 0 aromatic heterocycles. The minimum atomic E-state index is -4.62. The lowest BCUT2D eigenvalue weighted by atomic mass is 10.1. The number of urea groups is 1. The Morgan fingerprint density at radius 1 is 1.38 bits per heavy atom. The summed E-state index contributed by atoms with van der Waals surface area (Å²) in [5.41, 5.74) is -1.38. The molecule has 1 aromatic rings. The fraction of sp³-hybridized carbons (Fsp3) is 0.333. The van der Waals surface area contributed by atoms with Crippen LogP contribution in [0.4, 0.5) is 23.7 Å². The molecular formula is C12H12BrF3N2O3. The molecule has 0 aliphatic carbocycles. The number of amides is 2. The van der Waals surface area contributed by atoms with Gasteiger partial charge in [0.05, 0.1) is 17.7 Å². The van der Waals surface area contributed by atoms with E-state index in [1.165, 1.54) is 13.1 Å². The predicted molar refractivity (Wildman–Crippen MR) is 73.0 cm³/mol. The van der Waals surface area contributed by atoms with E-state index in [4.69, 9.17) is 5.11 Å². The second-order valence-electron chi connectivity index (χ2n) is 4.18. The molecule has 0 atom stereocenters. The smallest absolute Gasteiger partial charge is 0.418 e. The molecule has 0 unspecified atom stereocenters. The van der Waals surface area contributed by atoms with E-state index >= 15 is 0 Å². The largest absolute Gasteiger partial charge is 0.481 e. The number of benzene rings is 1. The number of aliphatic carboxylic acids is 1. The molecule has 0 radical (unpaired) electrons. The highest BCUT2D eigenvalue weighted by molar-refractivity contribution is 9.10. The summed E-state index contributed by atoms with van der Waals surface area (Å²) in [4.78, 5) is 23.1. The lowest BCUT2D eigenvalue weighted by molar-refractivity contribution is -0.137. The lowest BCUT2D eigenvalue weighted by Gasteiger charge is -2.19. The third-order valence-corrected chi connectivity index (χ3v) is 3.03. The van der Waals surface area contributed by atoms with E-state index in [0.717, 1.165) is 17.0 Å². The van der Waals surface area contributed by atoms with E-state index in [1.54, 1.807) is 0 Å². The zero-order valence-corrected chi connectivity index (χ0v) is 12.5. The molecule has 0 aliphatic heterocycles. The van der Waals surface area contributed by atoms with Crippen molar-refractivity contribution in [1.29, 1.82) is 0 Å². The van der Waals surface area contributed by atoms with Crippen molar-refractivity contribution >= 4 is 33.6 Å². The van der Waals surface area contributed by atoms with Crippen molar-refractivity contribution in [2.75, 3.05) is 18.9 Å². The maximum Gasteiger partial charge on any atom is 0.418 e. The second kappa shape index (κ2) is 6.79. The number of carbonyl (C=O) groups excluding carboxylic acids is 1. The van der Waals surface area contributed by atoms with Gasteiger partial charge in [-0.1, -0.05) is 15.9 Å². The van der Waals surface area contributed by atoms with Crippen LogP contribution in [0.2, 0.25) is 0 Å². The third-order valence-electron chi connectivity index (χ3n) is 2.54. The number of rotatable bonds is 4. The first kappa shape index (κ1) is 17.3. The molecule has 9 heteroatoms. The Morgan fingerprint density at radius 2 is 2.00 bits per heavy atom. The van der Waals surface area contributed by atoms with Crippen LogP contribution in [0.3, 0.4) is 0 Å². The van der Waals surface area contributed by atoms with Crippen LogP contribution < -0.4 is 5.32 Å². The number of alkyl halides is 3. The monoisotopic (exact) mass is 368 g/mol. The number of carbonyl (C=O) groups is 2. The number of anilines is 1. The molecular weight excluding hydrogens is 357 g/mol. The lowest BCUT2D eigenvalue weighted by Crippen LogP contribution is -2.33. The Balaban J connectivity index is 2.88. The third kappa shape index (κ3) is 5.25. The quantitative estimate of drug-likeness (QED) is 0.855. The van der Waals surface area contributed by atoms with E-state index in [2.05, 4.69) is 21.2 Å². The van der Waals surface area contributed by atoms with Crippen LogP contribution in [0.5, 0.6) is 0 Å². The SMILES string of the molecule is CN(CCC(=O)O)C(=O)Nc1ccc(Br)cc1C(F)(F)F. The minimum Gasteiger partial charge on any atom is -0.481 e. The molecule has 0 bridgehead atoms. The highest BCUT2D eigenvalue weighted by Crippen LogP contribution is 2.36. The first-order chi connectivity index (χ1) is 9.61. The normalized spacial score (nSPS) is 11.1.